The molecule has 0 saturated heterocycles. The Bertz CT molecular complexity index is 221. The van der Waals surface area contributed by atoms with Gasteiger partial charge in [-0.1, -0.05) is 13.3 Å². The van der Waals surface area contributed by atoms with Gasteiger partial charge in [-0.2, -0.15) is 0 Å². The molecule has 0 amide bonds. The van der Waals surface area contributed by atoms with Crippen LogP contribution in [-0.4, -0.2) is 33.9 Å². The molecule has 0 spiro atoms. The number of hydrogen-bond donors (Lipinski definition) is 2. The van der Waals surface area contributed by atoms with Crippen molar-refractivity contribution in [2.75, 3.05) is 0 Å². The summed E-state index contributed by atoms with van der Waals surface area (Å²) in [6, 6.07) is 0. The maximum Gasteiger partial charge on any atom is 0.344 e. The summed E-state index contributed by atoms with van der Waals surface area (Å²) < 4.78 is 4.54. The van der Waals surface area contributed by atoms with E-state index >= 15 is 0 Å². The zero-order chi connectivity index (χ0) is 11.4. The Labute approximate surface area is 82.7 Å². The summed E-state index contributed by atoms with van der Waals surface area (Å²) in [5, 5.41) is 18.0. The van der Waals surface area contributed by atoms with Gasteiger partial charge in [0.2, 0.25) is 0 Å². The van der Waals surface area contributed by atoms with Gasteiger partial charge in [-0.15, -0.1) is 0 Å². The van der Waals surface area contributed by atoms with E-state index in [4.69, 9.17) is 5.11 Å². The van der Waals surface area contributed by atoms with Crippen molar-refractivity contribution in [2.24, 2.45) is 0 Å². The van der Waals surface area contributed by atoms with Gasteiger partial charge < -0.3 is 14.9 Å². The second kappa shape index (κ2) is 4.95. The monoisotopic (exact) mass is 204 g/mol. The van der Waals surface area contributed by atoms with E-state index in [9.17, 15) is 14.7 Å². The molecule has 0 aromatic heterocycles. The van der Waals surface area contributed by atoms with Gasteiger partial charge in [-0.3, -0.25) is 0 Å². The van der Waals surface area contributed by atoms with E-state index < -0.39 is 23.6 Å². The van der Waals surface area contributed by atoms with E-state index in [1.165, 1.54) is 13.8 Å². The van der Waals surface area contributed by atoms with Crippen LogP contribution in [0.1, 0.15) is 33.6 Å². The highest BCUT2D eigenvalue weighted by Crippen LogP contribution is 2.14. The lowest BCUT2D eigenvalue weighted by atomic mass is 10.0. The summed E-state index contributed by atoms with van der Waals surface area (Å²) in [6.45, 7) is 4.36. The van der Waals surface area contributed by atoms with Crippen molar-refractivity contribution in [3.8, 4) is 0 Å². The number of carbonyl (C=O) groups excluding carboxylic acids is 1. The molecule has 5 nitrogen and oxygen atoms in total. The minimum absolute atomic E-state index is 0.248. The molecule has 0 saturated carbocycles. The quantitative estimate of drug-likeness (QED) is 0.639. The number of ether oxygens (including phenoxy) is 1. The van der Waals surface area contributed by atoms with Crippen LogP contribution in [0.2, 0.25) is 0 Å². The Morgan fingerprint density at radius 1 is 1.50 bits per heavy atom. The van der Waals surface area contributed by atoms with Crippen LogP contribution >= 0.6 is 0 Å². The van der Waals surface area contributed by atoms with Gasteiger partial charge in [0.15, 0.2) is 11.7 Å². The summed E-state index contributed by atoms with van der Waals surface area (Å²) in [4.78, 5) is 21.6. The normalized spacial score (nSPS) is 16.9. The first-order valence-electron chi connectivity index (χ1n) is 4.47. The van der Waals surface area contributed by atoms with Gasteiger partial charge in [0, 0.05) is 0 Å². The van der Waals surface area contributed by atoms with Crippen molar-refractivity contribution < 1.29 is 24.5 Å². The van der Waals surface area contributed by atoms with Crippen LogP contribution in [0.15, 0.2) is 0 Å². The van der Waals surface area contributed by atoms with E-state index in [0.717, 1.165) is 0 Å². The second-order valence-electron chi connectivity index (χ2n) is 3.41. The Balaban J connectivity index is 4.26. The van der Waals surface area contributed by atoms with Crippen LogP contribution in [0.3, 0.4) is 0 Å². The molecule has 0 aliphatic carbocycles. The third-order valence-electron chi connectivity index (χ3n) is 1.81. The number of aliphatic carboxylic acids is 1. The number of carbonyl (C=O) groups is 2. The Morgan fingerprint density at radius 3 is 2.36 bits per heavy atom. The smallest absolute Gasteiger partial charge is 0.344 e. The lowest BCUT2D eigenvalue weighted by Crippen LogP contribution is -2.40. The molecule has 0 rings (SSSR count). The molecule has 0 bridgehead atoms. The topological polar surface area (TPSA) is 83.8 Å². The molecule has 2 unspecified atom stereocenters. The fourth-order valence-electron chi connectivity index (χ4n) is 0.927. The average Bonchev–Trinajstić information content (AvgIpc) is 2.03. The predicted molar refractivity (Wildman–Crippen MR) is 48.7 cm³/mol. The zero-order valence-corrected chi connectivity index (χ0v) is 8.61. The van der Waals surface area contributed by atoms with E-state index in [0.29, 0.717) is 6.42 Å². The highest BCUT2D eigenvalue weighted by Gasteiger charge is 2.33. The maximum absolute atomic E-state index is 11.2. The van der Waals surface area contributed by atoms with Crippen LogP contribution < -0.4 is 0 Å². The highest BCUT2D eigenvalue weighted by atomic mass is 16.6. The van der Waals surface area contributed by atoms with Crippen LogP contribution in [-0.2, 0) is 14.3 Å². The van der Waals surface area contributed by atoms with Crippen LogP contribution in [0, 0.1) is 0 Å². The summed E-state index contributed by atoms with van der Waals surface area (Å²) in [6.07, 6.45) is -0.368. The summed E-state index contributed by atoms with van der Waals surface area (Å²) in [5.41, 5.74) is -1.60. The molecule has 0 aliphatic rings. The number of aliphatic hydroxyl groups is 1. The molecule has 0 heterocycles. The Morgan fingerprint density at radius 2 is 2.00 bits per heavy atom. The molecule has 2 atom stereocenters. The van der Waals surface area contributed by atoms with Crippen LogP contribution in [0.5, 0.6) is 0 Å². The molecule has 0 aromatic carbocycles. The molecule has 0 radical (unpaired) electrons. The SMILES string of the molecule is CCCC(C)(O)C(=O)OC(C)C(=O)O. The lowest BCUT2D eigenvalue weighted by molar-refractivity contribution is -0.176. The molecule has 5 heteroatoms. The first kappa shape index (κ1) is 12.9. The third kappa shape index (κ3) is 3.74. The van der Waals surface area contributed by atoms with Crippen molar-refractivity contribution in [3.05, 3.63) is 0 Å². The van der Waals surface area contributed by atoms with E-state index in [1.807, 2.05) is 6.92 Å². The Kier molecular flexibility index (Phi) is 4.56. The molecular weight excluding hydrogens is 188 g/mol. The predicted octanol–water partition coefficient (Wildman–Crippen LogP) is 0.554. The van der Waals surface area contributed by atoms with Gasteiger partial charge in [0.25, 0.3) is 0 Å². The second-order valence-corrected chi connectivity index (χ2v) is 3.41. The standard InChI is InChI=1S/C9H16O5/c1-4-5-9(3,13)8(12)14-6(2)7(10)11/h6,13H,4-5H2,1-3H3,(H,10,11). The summed E-state index contributed by atoms with van der Waals surface area (Å²) >= 11 is 0. The minimum Gasteiger partial charge on any atom is -0.479 e. The summed E-state index contributed by atoms with van der Waals surface area (Å²) in [7, 11) is 0. The molecule has 0 fully saturated rings. The highest BCUT2D eigenvalue weighted by molar-refractivity contribution is 5.82. The zero-order valence-electron chi connectivity index (χ0n) is 8.61. The number of esters is 1. The van der Waals surface area contributed by atoms with Crippen LogP contribution in [0.4, 0.5) is 0 Å². The third-order valence-corrected chi connectivity index (χ3v) is 1.81. The number of carboxylic acid groups (broad SMARTS) is 1. The number of carboxylic acids is 1. The molecule has 82 valence electrons. The van der Waals surface area contributed by atoms with Gasteiger partial charge in [0.05, 0.1) is 0 Å². The molecule has 2 N–H and O–H groups in total. The van der Waals surface area contributed by atoms with Crippen molar-refractivity contribution in [1.29, 1.82) is 0 Å². The van der Waals surface area contributed by atoms with E-state index in [2.05, 4.69) is 4.74 Å². The summed E-state index contributed by atoms with van der Waals surface area (Å²) in [5.74, 6) is -2.13. The fourth-order valence-corrected chi connectivity index (χ4v) is 0.927. The van der Waals surface area contributed by atoms with Crippen molar-refractivity contribution in [2.45, 2.75) is 45.3 Å². The minimum atomic E-state index is -1.60. The first-order valence-corrected chi connectivity index (χ1v) is 4.47. The average molecular weight is 204 g/mol. The molecule has 0 aromatic rings. The van der Waals surface area contributed by atoms with Gasteiger partial charge >= 0.3 is 11.9 Å². The fraction of sp³-hybridized carbons (Fsp3) is 0.778. The van der Waals surface area contributed by atoms with Gasteiger partial charge in [-0.25, -0.2) is 9.59 Å². The van der Waals surface area contributed by atoms with Gasteiger partial charge in [0.1, 0.15) is 0 Å². The number of hydrogen-bond acceptors (Lipinski definition) is 4. The maximum atomic E-state index is 11.2. The lowest BCUT2D eigenvalue weighted by Gasteiger charge is -2.21. The van der Waals surface area contributed by atoms with E-state index in [1.54, 1.807) is 0 Å². The molecule has 14 heavy (non-hydrogen) atoms. The molecule has 0 aliphatic heterocycles. The largest absolute Gasteiger partial charge is 0.479 e. The van der Waals surface area contributed by atoms with Crippen molar-refractivity contribution >= 4 is 11.9 Å². The van der Waals surface area contributed by atoms with Gasteiger partial charge in [-0.05, 0) is 20.3 Å². The van der Waals surface area contributed by atoms with Crippen LogP contribution in [0.25, 0.3) is 0 Å². The first-order chi connectivity index (χ1) is 6.31. The molecular formula is C9H16O5. The van der Waals surface area contributed by atoms with Crippen molar-refractivity contribution in [3.63, 3.8) is 0 Å². The van der Waals surface area contributed by atoms with Crippen molar-refractivity contribution in [1.82, 2.24) is 0 Å². The Hall–Kier alpha value is -1.10. The number of rotatable bonds is 5. The van der Waals surface area contributed by atoms with E-state index in [-0.39, 0.29) is 6.42 Å².